The van der Waals surface area contributed by atoms with Gasteiger partial charge in [0.05, 0.1) is 12.1 Å². The van der Waals surface area contributed by atoms with Crippen LogP contribution in [0, 0.1) is 12.7 Å². The summed E-state index contributed by atoms with van der Waals surface area (Å²) >= 11 is 3.13. The average Bonchev–Trinajstić information content (AvgIpc) is 2.72. The summed E-state index contributed by atoms with van der Waals surface area (Å²) in [6.07, 6.45) is 0. The van der Waals surface area contributed by atoms with Crippen molar-refractivity contribution in [2.45, 2.75) is 13.5 Å². The lowest BCUT2D eigenvalue weighted by molar-refractivity contribution is 0.0949. The molecular weight excluding hydrogens is 305 g/mol. The SMILES string of the molecule is Cc1nc(CNC(=O)c2ccc(F)cc2Br)no1. The molecule has 1 aromatic heterocycles. The first-order valence-corrected chi connectivity index (χ1v) is 5.88. The maximum Gasteiger partial charge on any atom is 0.252 e. The van der Waals surface area contributed by atoms with Crippen LogP contribution in [0.4, 0.5) is 4.39 Å². The molecule has 0 aliphatic carbocycles. The van der Waals surface area contributed by atoms with Gasteiger partial charge in [0, 0.05) is 11.4 Å². The van der Waals surface area contributed by atoms with Crippen LogP contribution in [0.25, 0.3) is 0 Å². The van der Waals surface area contributed by atoms with Crippen LogP contribution in [-0.2, 0) is 6.54 Å². The number of hydrogen-bond donors (Lipinski definition) is 1. The number of amides is 1. The van der Waals surface area contributed by atoms with Crippen molar-refractivity contribution in [2.24, 2.45) is 0 Å². The van der Waals surface area contributed by atoms with Crippen molar-refractivity contribution in [3.8, 4) is 0 Å². The first-order valence-electron chi connectivity index (χ1n) is 5.08. The number of carbonyl (C=O) groups excluding carboxylic acids is 1. The minimum absolute atomic E-state index is 0.153. The number of halogens is 2. The second-order valence-electron chi connectivity index (χ2n) is 3.54. The minimum atomic E-state index is -0.410. The predicted molar refractivity (Wildman–Crippen MR) is 64.3 cm³/mol. The maximum atomic E-state index is 12.9. The molecule has 1 N–H and O–H groups in total. The van der Waals surface area contributed by atoms with E-state index in [4.69, 9.17) is 4.52 Å². The van der Waals surface area contributed by atoms with Crippen molar-refractivity contribution >= 4 is 21.8 Å². The van der Waals surface area contributed by atoms with Gasteiger partial charge in [-0.25, -0.2) is 4.39 Å². The largest absolute Gasteiger partial charge is 0.345 e. The van der Waals surface area contributed by atoms with E-state index in [-0.39, 0.29) is 12.5 Å². The highest BCUT2D eigenvalue weighted by Gasteiger charge is 2.11. The van der Waals surface area contributed by atoms with Gasteiger partial charge >= 0.3 is 0 Å². The number of nitrogens with one attached hydrogen (secondary N) is 1. The molecule has 0 atom stereocenters. The Kier molecular flexibility index (Phi) is 3.71. The van der Waals surface area contributed by atoms with Gasteiger partial charge < -0.3 is 9.84 Å². The van der Waals surface area contributed by atoms with E-state index in [1.165, 1.54) is 18.2 Å². The van der Waals surface area contributed by atoms with E-state index in [1.54, 1.807) is 6.92 Å². The van der Waals surface area contributed by atoms with Crippen molar-refractivity contribution < 1.29 is 13.7 Å². The Morgan fingerprint density at radius 1 is 1.56 bits per heavy atom. The zero-order valence-electron chi connectivity index (χ0n) is 9.41. The van der Waals surface area contributed by atoms with Gasteiger partial charge in [0.15, 0.2) is 5.82 Å². The topological polar surface area (TPSA) is 68.0 Å². The molecule has 1 heterocycles. The Bertz CT molecular complexity index is 585. The van der Waals surface area contributed by atoms with Crippen molar-refractivity contribution in [3.63, 3.8) is 0 Å². The van der Waals surface area contributed by atoms with Crippen LogP contribution in [0.5, 0.6) is 0 Å². The molecule has 0 fully saturated rings. The zero-order valence-corrected chi connectivity index (χ0v) is 11.0. The fourth-order valence-electron chi connectivity index (χ4n) is 1.34. The highest BCUT2D eigenvalue weighted by molar-refractivity contribution is 9.10. The summed E-state index contributed by atoms with van der Waals surface area (Å²) < 4.78 is 18.0. The van der Waals surface area contributed by atoms with Crippen LogP contribution in [0.15, 0.2) is 27.2 Å². The van der Waals surface area contributed by atoms with Gasteiger partial charge in [0.25, 0.3) is 5.91 Å². The smallest absolute Gasteiger partial charge is 0.252 e. The van der Waals surface area contributed by atoms with Crippen LogP contribution in [0.2, 0.25) is 0 Å². The van der Waals surface area contributed by atoms with Gasteiger partial charge in [0.1, 0.15) is 5.82 Å². The number of carbonyl (C=O) groups is 1. The number of hydrogen-bond acceptors (Lipinski definition) is 4. The molecule has 94 valence electrons. The van der Waals surface area contributed by atoms with E-state index < -0.39 is 5.82 Å². The monoisotopic (exact) mass is 313 g/mol. The highest BCUT2D eigenvalue weighted by atomic mass is 79.9. The molecule has 2 aromatic rings. The van der Waals surface area contributed by atoms with E-state index in [9.17, 15) is 9.18 Å². The second kappa shape index (κ2) is 5.26. The summed E-state index contributed by atoms with van der Waals surface area (Å²) in [5, 5.41) is 6.26. The first-order chi connectivity index (χ1) is 8.56. The molecule has 0 saturated heterocycles. The minimum Gasteiger partial charge on any atom is -0.345 e. The van der Waals surface area contributed by atoms with E-state index >= 15 is 0 Å². The molecule has 7 heteroatoms. The summed E-state index contributed by atoms with van der Waals surface area (Å²) in [5.41, 5.74) is 0.344. The van der Waals surface area contributed by atoms with Gasteiger partial charge in [-0.1, -0.05) is 5.16 Å². The number of aromatic nitrogens is 2. The van der Waals surface area contributed by atoms with Gasteiger partial charge in [-0.3, -0.25) is 4.79 Å². The summed E-state index contributed by atoms with van der Waals surface area (Å²) in [5.74, 6) is 0.0674. The number of aryl methyl sites for hydroxylation is 1. The molecule has 2 rings (SSSR count). The maximum absolute atomic E-state index is 12.9. The van der Waals surface area contributed by atoms with Crippen LogP contribution < -0.4 is 5.32 Å². The Morgan fingerprint density at radius 2 is 2.33 bits per heavy atom. The number of rotatable bonds is 3. The Balaban J connectivity index is 2.03. The second-order valence-corrected chi connectivity index (χ2v) is 4.39. The molecule has 0 aliphatic rings. The van der Waals surface area contributed by atoms with Crippen molar-refractivity contribution in [1.29, 1.82) is 0 Å². The Morgan fingerprint density at radius 3 is 2.94 bits per heavy atom. The molecule has 0 bridgehead atoms. The molecule has 0 spiro atoms. The molecular formula is C11H9BrFN3O2. The number of nitrogens with zero attached hydrogens (tertiary/aromatic N) is 2. The van der Waals surface area contributed by atoms with Gasteiger partial charge in [-0.2, -0.15) is 4.98 Å². The molecule has 0 radical (unpaired) electrons. The summed E-state index contributed by atoms with van der Waals surface area (Å²) in [6, 6.07) is 3.85. The fraction of sp³-hybridized carbons (Fsp3) is 0.182. The molecule has 5 nitrogen and oxygen atoms in total. The predicted octanol–water partition coefficient (Wildman–Crippen LogP) is 2.21. The van der Waals surface area contributed by atoms with Crippen LogP contribution in [-0.4, -0.2) is 16.0 Å². The molecule has 18 heavy (non-hydrogen) atoms. The fourth-order valence-corrected chi connectivity index (χ4v) is 1.87. The third kappa shape index (κ3) is 2.92. The molecule has 1 amide bonds. The van der Waals surface area contributed by atoms with Crippen molar-refractivity contribution in [3.05, 3.63) is 45.8 Å². The lowest BCUT2D eigenvalue weighted by Crippen LogP contribution is -2.23. The zero-order chi connectivity index (χ0) is 13.1. The van der Waals surface area contributed by atoms with E-state index in [0.29, 0.717) is 21.8 Å². The van der Waals surface area contributed by atoms with Crippen molar-refractivity contribution in [1.82, 2.24) is 15.5 Å². The Hall–Kier alpha value is -1.76. The van der Waals surface area contributed by atoms with Gasteiger partial charge in [-0.05, 0) is 34.1 Å². The van der Waals surface area contributed by atoms with E-state index in [2.05, 4.69) is 31.4 Å². The first kappa shape index (κ1) is 12.7. The van der Waals surface area contributed by atoms with E-state index in [0.717, 1.165) is 0 Å². The van der Waals surface area contributed by atoms with Crippen LogP contribution >= 0.6 is 15.9 Å². The average molecular weight is 314 g/mol. The quantitative estimate of drug-likeness (QED) is 0.943. The third-order valence-corrected chi connectivity index (χ3v) is 2.81. The van der Waals surface area contributed by atoms with Gasteiger partial charge in [-0.15, -0.1) is 0 Å². The highest BCUT2D eigenvalue weighted by Crippen LogP contribution is 2.17. The van der Waals surface area contributed by atoms with E-state index in [1.807, 2.05) is 0 Å². The molecule has 0 aliphatic heterocycles. The summed E-state index contributed by atoms with van der Waals surface area (Å²) in [4.78, 5) is 15.8. The number of benzene rings is 1. The lowest BCUT2D eigenvalue weighted by atomic mass is 10.2. The molecule has 1 aromatic carbocycles. The Labute approximate surface area is 111 Å². The van der Waals surface area contributed by atoms with Gasteiger partial charge in [0.2, 0.25) is 5.89 Å². The summed E-state index contributed by atoms with van der Waals surface area (Å²) in [7, 11) is 0. The standard InChI is InChI=1S/C11H9BrFN3O2/c1-6-15-10(16-18-6)5-14-11(17)8-3-2-7(13)4-9(8)12/h2-4H,5H2,1H3,(H,14,17). The molecule has 0 saturated carbocycles. The van der Waals surface area contributed by atoms with Crippen molar-refractivity contribution in [2.75, 3.05) is 0 Å². The van der Waals surface area contributed by atoms with Crippen LogP contribution in [0.3, 0.4) is 0 Å². The molecule has 0 unspecified atom stereocenters. The van der Waals surface area contributed by atoms with Crippen LogP contribution in [0.1, 0.15) is 22.1 Å². The summed E-state index contributed by atoms with van der Waals surface area (Å²) in [6.45, 7) is 1.81. The lowest BCUT2D eigenvalue weighted by Gasteiger charge is -2.04. The normalized spacial score (nSPS) is 10.4. The third-order valence-electron chi connectivity index (χ3n) is 2.15.